The van der Waals surface area contributed by atoms with Crippen LogP contribution in [0.1, 0.15) is 233 Å². The molecular weight excluding hydrogens is 733 g/mol. The molecule has 0 rings (SSSR count). The lowest BCUT2D eigenvalue weighted by Gasteiger charge is -2.22. The van der Waals surface area contributed by atoms with Crippen molar-refractivity contribution >= 4 is 0 Å². The molecule has 0 aromatic carbocycles. The van der Waals surface area contributed by atoms with Gasteiger partial charge in [-0.1, -0.05) is 182 Å². The van der Waals surface area contributed by atoms with Gasteiger partial charge in [0.2, 0.25) is 0 Å². The Bertz CT molecular complexity index is 698. The van der Waals surface area contributed by atoms with Crippen LogP contribution in [0.5, 0.6) is 0 Å². The summed E-state index contributed by atoms with van der Waals surface area (Å²) in [5, 5.41) is 0. The highest BCUT2D eigenvalue weighted by molar-refractivity contribution is 4.63. The van der Waals surface area contributed by atoms with Crippen LogP contribution in [0.25, 0.3) is 0 Å². The van der Waals surface area contributed by atoms with Crippen molar-refractivity contribution < 1.29 is 23.7 Å². The van der Waals surface area contributed by atoms with Crippen molar-refractivity contribution in [3.8, 4) is 0 Å². The Labute approximate surface area is 370 Å². The van der Waals surface area contributed by atoms with E-state index in [2.05, 4.69) is 32.6 Å². The van der Waals surface area contributed by atoms with Crippen molar-refractivity contribution in [1.29, 1.82) is 0 Å². The molecule has 7 nitrogen and oxygen atoms in total. The normalized spacial score (nSPS) is 12.9. The number of nitrogens with zero attached hydrogens (tertiary/aromatic N) is 1. The van der Waals surface area contributed by atoms with Crippen LogP contribution in [-0.4, -0.2) is 97.1 Å². The van der Waals surface area contributed by atoms with E-state index in [9.17, 15) is 0 Å². The molecular formula is C52H108N2O5. The van der Waals surface area contributed by atoms with E-state index in [0.29, 0.717) is 39.6 Å². The highest BCUT2D eigenvalue weighted by atomic mass is 16.5. The molecule has 356 valence electrons. The fourth-order valence-electron chi connectivity index (χ4n) is 8.21. The van der Waals surface area contributed by atoms with E-state index in [1.165, 1.54) is 219 Å². The average molecular weight is 841 g/mol. The standard InChI is InChI=1S/C52H108N2O5/c1-5-9-13-17-19-27-35-51(33-25-15-11-7-3)49-58-41-31-23-21-29-38-54(40-44-56-46-48-57-47-45-55-43-37-53)39-30-22-24-32-42-59-50-52(34-26-16-12-8-4)36-28-20-18-14-10-6-2/h51-52H,5-50,53H2,1-4H3. The van der Waals surface area contributed by atoms with Gasteiger partial charge in [0.15, 0.2) is 0 Å². The Hall–Kier alpha value is -0.280. The fourth-order valence-corrected chi connectivity index (χ4v) is 8.21. The van der Waals surface area contributed by atoms with Gasteiger partial charge in [0.05, 0.1) is 39.6 Å². The number of unbranched alkanes of at least 4 members (excludes halogenated alkanes) is 22. The largest absolute Gasteiger partial charge is 0.381 e. The van der Waals surface area contributed by atoms with Gasteiger partial charge in [-0.3, -0.25) is 0 Å². The minimum atomic E-state index is 0.556. The SMILES string of the molecule is CCCCCCCCC(CCCCCC)COCCCCCCN(CCCCCCOCC(CCCCCC)CCCCCCCC)CCOCCOCCOCCN. The van der Waals surface area contributed by atoms with Crippen LogP contribution in [-0.2, 0) is 23.7 Å². The minimum Gasteiger partial charge on any atom is -0.381 e. The molecule has 0 saturated carbocycles. The molecule has 59 heavy (non-hydrogen) atoms. The summed E-state index contributed by atoms with van der Waals surface area (Å²) in [6.45, 7) is 20.8. The topological polar surface area (TPSA) is 75.4 Å². The lowest BCUT2D eigenvalue weighted by Crippen LogP contribution is -2.30. The molecule has 0 aliphatic heterocycles. The van der Waals surface area contributed by atoms with E-state index in [1.807, 2.05) is 0 Å². The predicted molar refractivity (Wildman–Crippen MR) is 257 cm³/mol. The average Bonchev–Trinajstić information content (AvgIpc) is 3.24. The van der Waals surface area contributed by atoms with E-state index in [4.69, 9.17) is 29.4 Å². The zero-order valence-electron chi connectivity index (χ0n) is 40.7. The van der Waals surface area contributed by atoms with Gasteiger partial charge < -0.3 is 34.3 Å². The van der Waals surface area contributed by atoms with Crippen LogP contribution in [0.15, 0.2) is 0 Å². The summed E-state index contributed by atoms with van der Waals surface area (Å²) in [6, 6.07) is 0. The Morgan fingerprint density at radius 1 is 0.305 bits per heavy atom. The van der Waals surface area contributed by atoms with Crippen LogP contribution < -0.4 is 5.73 Å². The zero-order chi connectivity index (χ0) is 42.8. The van der Waals surface area contributed by atoms with Gasteiger partial charge in [0.25, 0.3) is 0 Å². The third-order valence-electron chi connectivity index (χ3n) is 12.2. The summed E-state index contributed by atoms with van der Waals surface area (Å²) >= 11 is 0. The molecule has 2 unspecified atom stereocenters. The lowest BCUT2D eigenvalue weighted by molar-refractivity contribution is 0.0116. The zero-order valence-corrected chi connectivity index (χ0v) is 40.7. The van der Waals surface area contributed by atoms with Crippen LogP contribution in [0.4, 0.5) is 0 Å². The van der Waals surface area contributed by atoms with E-state index in [0.717, 1.165) is 51.4 Å². The molecule has 0 heterocycles. The molecule has 0 aromatic heterocycles. The molecule has 0 spiro atoms. The summed E-state index contributed by atoms with van der Waals surface area (Å²) in [5.41, 5.74) is 5.48. The van der Waals surface area contributed by atoms with Crippen molar-refractivity contribution in [2.75, 3.05) is 92.2 Å². The monoisotopic (exact) mass is 841 g/mol. The van der Waals surface area contributed by atoms with Crippen molar-refractivity contribution in [3.05, 3.63) is 0 Å². The first-order valence-corrected chi connectivity index (χ1v) is 26.5. The highest BCUT2D eigenvalue weighted by Crippen LogP contribution is 2.21. The van der Waals surface area contributed by atoms with Crippen LogP contribution in [0.3, 0.4) is 0 Å². The summed E-state index contributed by atoms with van der Waals surface area (Å²) in [7, 11) is 0. The predicted octanol–water partition coefficient (Wildman–Crippen LogP) is 14.1. The number of ether oxygens (including phenoxy) is 5. The molecule has 0 fully saturated rings. The maximum absolute atomic E-state index is 6.30. The molecule has 2 atom stereocenters. The smallest absolute Gasteiger partial charge is 0.0701 e. The summed E-state index contributed by atoms with van der Waals surface area (Å²) in [4.78, 5) is 2.64. The van der Waals surface area contributed by atoms with Crippen LogP contribution in [0.2, 0.25) is 0 Å². The van der Waals surface area contributed by atoms with E-state index >= 15 is 0 Å². The fraction of sp³-hybridized carbons (Fsp3) is 1.00. The van der Waals surface area contributed by atoms with Gasteiger partial charge in [-0.05, 0) is 76.3 Å². The molecule has 0 aliphatic carbocycles. The molecule has 0 aliphatic rings. The van der Waals surface area contributed by atoms with E-state index < -0.39 is 0 Å². The Kier molecular flexibility index (Phi) is 51.8. The molecule has 0 amide bonds. The van der Waals surface area contributed by atoms with Crippen LogP contribution >= 0.6 is 0 Å². The second kappa shape index (κ2) is 52.1. The number of rotatable bonds is 53. The first-order chi connectivity index (χ1) is 29.2. The molecule has 0 radical (unpaired) electrons. The quantitative estimate of drug-likeness (QED) is 0.0611. The third-order valence-corrected chi connectivity index (χ3v) is 12.2. The number of hydrogen-bond donors (Lipinski definition) is 1. The minimum absolute atomic E-state index is 0.556. The van der Waals surface area contributed by atoms with E-state index in [1.54, 1.807) is 0 Å². The van der Waals surface area contributed by atoms with Crippen molar-refractivity contribution in [2.45, 2.75) is 233 Å². The van der Waals surface area contributed by atoms with Crippen molar-refractivity contribution in [3.63, 3.8) is 0 Å². The van der Waals surface area contributed by atoms with E-state index in [-0.39, 0.29) is 0 Å². The molecule has 0 bridgehead atoms. The molecule has 0 saturated heterocycles. The maximum atomic E-state index is 6.30. The Morgan fingerprint density at radius 2 is 0.627 bits per heavy atom. The number of hydrogen-bond acceptors (Lipinski definition) is 7. The second-order valence-corrected chi connectivity index (χ2v) is 18.0. The van der Waals surface area contributed by atoms with Gasteiger partial charge >= 0.3 is 0 Å². The maximum Gasteiger partial charge on any atom is 0.0701 e. The van der Waals surface area contributed by atoms with Gasteiger partial charge in [0.1, 0.15) is 0 Å². The van der Waals surface area contributed by atoms with Gasteiger partial charge in [-0.15, -0.1) is 0 Å². The molecule has 2 N–H and O–H groups in total. The molecule has 0 aromatic rings. The first-order valence-electron chi connectivity index (χ1n) is 26.5. The Balaban J connectivity index is 4.47. The highest BCUT2D eigenvalue weighted by Gasteiger charge is 2.11. The summed E-state index contributed by atoms with van der Waals surface area (Å²) in [6.07, 6.45) is 43.1. The lowest BCUT2D eigenvalue weighted by atomic mass is 9.95. The van der Waals surface area contributed by atoms with Gasteiger partial charge in [-0.2, -0.15) is 0 Å². The second-order valence-electron chi connectivity index (χ2n) is 18.0. The summed E-state index contributed by atoms with van der Waals surface area (Å²) < 4.78 is 29.6. The van der Waals surface area contributed by atoms with Gasteiger partial charge in [0, 0.05) is 39.5 Å². The van der Waals surface area contributed by atoms with Crippen molar-refractivity contribution in [2.24, 2.45) is 17.6 Å². The Morgan fingerprint density at radius 3 is 1.03 bits per heavy atom. The molecule has 7 heteroatoms. The van der Waals surface area contributed by atoms with Crippen molar-refractivity contribution in [1.82, 2.24) is 4.90 Å². The third kappa shape index (κ3) is 47.0. The first kappa shape index (κ1) is 58.7. The number of nitrogens with two attached hydrogens (primary N) is 1. The van der Waals surface area contributed by atoms with Gasteiger partial charge in [-0.25, -0.2) is 0 Å². The summed E-state index contributed by atoms with van der Waals surface area (Å²) in [5.74, 6) is 1.53. The van der Waals surface area contributed by atoms with Crippen LogP contribution in [0, 0.1) is 11.8 Å².